The van der Waals surface area contributed by atoms with E-state index in [0.29, 0.717) is 50.5 Å². The first-order valence-corrected chi connectivity index (χ1v) is 13.1. The molecule has 2 aromatic heterocycles. The van der Waals surface area contributed by atoms with Gasteiger partial charge in [0.25, 0.3) is 0 Å². The van der Waals surface area contributed by atoms with Gasteiger partial charge in [-0.05, 0) is 35.9 Å². The highest BCUT2D eigenvalue weighted by atomic mass is 32.2. The molecule has 0 bridgehead atoms. The van der Waals surface area contributed by atoms with Crippen molar-refractivity contribution in [3.63, 3.8) is 0 Å². The number of carboxylic acids is 1. The summed E-state index contributed by atoms with van der Waals surface area (Å²) in [5.41, 5.74) is 2.78. The Kier molecular flexibility index (Phi) is 7.18. The number of aromatic carboxylic acids is 1. The van der Waals surface area contributed by atoms with Crippen LogP contribution in [-0.4, -0.2) is 59.0 Å². The molecule has 0 aliphatic rings. The predicted octanol–water partition coefficient (Wildman–Crippen LogP) is 4.82. The van der Waals surface area contributed by atoms with E-state index < -0.39 is 17.1 Å². The number of hydrogen-bond acceptors (Lipinski definition) is 8. The lowest BCUT2D eigenvalue weighted by Crippen LogP contribution is -2.15. The van der Waals surface area contributed by atoms with Crippen molar-refractivity contribution in [1.29, 1.82) is 0 Å². The van der Waals surface area contributed by atoms with Gasteiger partial charge in [0, 0.05) is 28.2 Å². The lowest BCUT2D eigenvalue weighted by molar-refractivity contribution is 0.0696. The Hall–Kier alpha value is -4.48. The standard InChI is InChI=1S/C28H25N3O7S/c1-35-21-10-9-15(11-22(21)36-2)25-16-12-23(37-3)24(38-4)13-19(16)29-20(26(25)27(32)33)14-39(34)28-30-17-7-5-6-8-18(17)31-28/h5-13H,14H2,1-4H3,(H,30,31)(H,32,33). The molecule has 1 unspecified atom stereocenters. The van der Waals surface area contributed by atoms with Crippen LogP contribution in [0.2, 0.25) is 0 Å². The van der Waals surface area contributed by atoms with E-state index in [2.05, 4.69) is 15.0 Å². The molecule has 0 aliphatic heterocycles. The summed E-state index contributed by atoms with van der Waals surface area (Å²) in [6.07, 6.45) is 0. The number of carbonyl (C=O) groups is 1. The predicted molar refractivity (Wildman–Crippen MR) is 147 cm³/mol. The summed E-state index contributed by atoms with van der Waals surface area (Å²) in [5, 5.41) is 11.2. The van der Waals surface area contributed by atoms with Crippen molar-refractivity contribution >= 4 is 39.1 Å². The van der Waals surface area contributed by atoms with Crippen LogP contribution in [0.15, 0.2) is 59.8 Å². The van der Waals surface area contributed by atoms with Gasteiger partial charge in [-0.25, -0.2) is 9.78 Å². The normalized spacial score (nSPS) is 11.9. The Balaban J connectivity index is 1.76. The summed E-state index contributed by atoms with van der Waals surface area (Å²) >= 11 is -1.72. The molecule has 0 fully saturated rings. The molecule has 0 aliphatic carbocycles. The first-order chi connectivity index (χ1) is 18.9. The number of aromatic amines is 1. The van der Waals surface area contributed by atoms with E-state index in [9.17, 15) is 14.5 Å². The number of carboxylic acid groups (broad SMARTS) is 1. The topological polar surface area (TPSA) is 139 Å². The highest BCUT2D eigenvalue weighted by Gasteiger charge is 2.28. The zero-order valence-electron chi connectivity index (χ0n) is 21.6. The van der Waals surface area contributed by atoms with Crippen LogP contribution in [-0.2, 0) is 16.9 Å². The van der Waals surface area contributed by atoms with Crippen LogP contribution in [0, 0.1) is 0 Å². The van der Waals surface area contributed by atoms with Crippen LogP contribution in [0.25, 0.3) is 33.1 Å². The van der Waals surface area contributed by atoms with Gasteiger partial charge in [-0.3, -0.25) is 4.98 Å². The molecule has 0 spiro atoms. The number of fused-ring (bicyclic) bond motifs is 2. The second kappa shape index (κ2) is 10.7. The molecular formula is C28H25N3O7S. The van der Waals surface area contributed by atoms with Crippen molar-refractivity contribution in [3.05, 3.63) is 65.9 Å². The lowest BCUT2D eigenvalue weighted by Gasteiger charge is -2.18. The molecule has 0 saturated carbocycles. The van der Waals surface area contributed by atoms with E-state index in [1.807, 2.05) is 18.2 Å². The molecule has 5 rings (SSSR count). The number of para-hydroxylation sites is 2. The molecule has 0 amide bonds. The van der Waals surface area contributed by atoms with E-state index >= 15 is 0 Å². The van der Waals surface area contributed by atoms with Gasteiger partial charge in [0.2, 0.25) is 0 Å². The number of hydrogen-bond donors (Lipinski definition) is 2. The van der Waals surface area contributed by atoms with Gasteiger partial charge < -0.3 is 28.6 Å². The molecule has 200 valence electrons. The van der Waals surface area contributed by atoms with E-state index in [1.165, 1.54) is 28.4 Å². The van der Waals surface area contributed by atoms with E-state index in [0.717, 1.165) is 5.52 Å². The van der Waals surface area contributed by atoms with Crippen molar-refractivity contribution in [2.45, 2.75) is 10.9 Å². The maximum atomic E-state index is 13.5. The van der Waals surface area contributed by atoms with Crippen molar-refractivity contribution < 1.29 is 33.4 Å². The number of methoxy groups -OCH3 is 4. The average Bonchev–Trinajstić information content (AvgIpc) is 3.40. The number of ether oxygens (including phenoxy) is 4. The summed E-state index contributed by atoms with van der Waals surface area (Å²) in [6.45, 7) is 0. The van der Waals surface area contributed by atoms with Gasteiger partial charge in [0.15, 0.2) is 28.8 Å². The second-order valence-corrected chi connectivity index (χ2v) is 9.82. The molecular weight excluding hydrogens is 522 g/mol. The van der Waals surface area contributed by atoms with Crippen LogP contribution in [0.1, 0.15) is 16.1 Å². The van der Waals surface area contributed by atoms with Crippen molar-refractivity contribution in [2.75, 3.05) is 28.4 Å². The zero-order valence-corrected chi connectivity index (χ0v) is 22.4. The Labute approximate surface area is 226 Å². The minimum atomic E-state index is -1.72. The largest absolute Gasteiger partial charge is 0.609 e. The van der Waals surface area contributed by atoms with Crippen molar-refractivity contribution in [3.8, 4) is 34.1 Å². The van der Waals surface area contributed by atoms with E-state index in [-0.39, 0.29) is 22.2 Å². The number of H-pyrrole nitrogens is 1. The fourth-order valence-electron chi connectivity index (χ4n) is 4.50. The number of aromatic nitrogens is 3. The monoisotopic (exact) mass is 547 g/mol. The fraction of sp³-hybridized carbons (Fsp3) is 0.179. The molecule has 2 heterocycles. The second-order valence-electron chi connectivity index (χ2n) is 8.46. The number of nitrogens with zero attached hydrogens (tertiary/aromatic N) is 2. The third-order valence-electron chi connectivity index (χ3n) is 6.30. The summed E-state index contributed by atoms with van der Waals surface area (Å²) in [4.78, 5) is 24.9. The maximum absolute atomic E-state index is 13.5. The van der Waals surface area contributed by atoms with Crippen LogP contribution >= 0.6 is 0 Å². The number of benzene rings is 3. The SMILES string of the molecule is COc1ccc(-c2c(C(=O)O)c(C[S+]([O-])c3nc4ccccc4[nH]3)nc3cc(OC)c(OC)cc23)cc1OC. The van der Waals surface area contributed by atoms with Crippen molar-refractivity contribution in [1.82, 2.24) is 15.0 Å². The summed E-state index contributed by atoms with van der Waals surface area (Å²) in [7, 11) is 6.02. The molecule has 10 nitrogen and oxygen atoms in total. The molecule has 5 aromatic rings. The van der Waals surface area contributed by atoms with Gasteiger partial charge in [0.05, 0.1) is 50.6 Å². The van der Waals surface area contributed by atoms with Crippen LogP contribution in [0.3, 0.4) is 0 Å². The molecule has 3 aromatic carbocycles. The quantitative estimate of drug-likeness (QED) is 0.249. The Morgan fingerprint density at radius 1 is 0.872 bits per heavy atom. The molecule has 0 radical (unpaired) electrons. The number of pyridine rings is 1. The third-order valence-corrected chi connectivity index (χ3v) is 7.46. The highest BCUT2D eigenvalue weighted by molar-refractivity contribution is 7.90. The Morgan fingerprint density at radius 3 is 2.21 bits per heavy atom. The van der Waals surface area contributed by atoms with Crippen LogP contribution in [0.5, 0.6) is 23.0 Å². The smallest absolute Gasteiger partial charge is 0.338 e. The van der Waals surface area contributed by atoms with Crippen LogP contribution in [0.4, 0.5) is 0 Å². The molecule has 39 heavy (non-hydrogen) atoms. The molecule has 0 saturated heterocycles. The van der Waals surface area contributed by atoms with Gasteiger partial charge in [-0.1, -0.05) is 18.2 Å². The Morgan fingerprint density at radius 2 is 1.54 bits per heavy atom. The van der Waals surface area contributed by atoms with Crippen molar-refractivity contribution in [2.24, 2.45) is 0 Å². The minimum Gasteiger partial charge on any atom is -0.609 e. The van der Waals surface area contributed by atoms with Gasteiger partial charge in [-0.15, -0.1) is 0 Å². The zero-order chi connectivity index (χ0) is 27.7. The summed E-state index contributed by atoms with van der Waals surface area (Å²) in [5.74, 6) is 0.324. The van der Waals surface area contributed by atoms with Gasteiger partial charge in [-0.2, -0.15) is 4.98 Å². The third kappa shape index (κ3) is 4.77. The molecule has 11 heteroatoms. The highest BCUT2D eigenvalue weighted by Crippen LogP contribution is 2.42. The molecule has 2 N–H and O–H groups in total. The van der Waals surface area contributed by atoms with Gasteiger partial charge in [0.1, 0.15) is 5.69 Å². The Bertz CT molecular complexity index is 1670. The summed E-state index contributed by atoms with van der Waals surface area (Å²) in [6, 6.07) is 15.8. The number of nitrogens with one attached hydrogen (secondary N) is 1. The van der Waals surface area contributed by atoms with E-state index in [1.54, 1.807) is 36.4 Å². The number of imidazole rings is 1. The molecule has 1 atom stereocenters. The maximum Gasteiger partial charge on any atom is 0.338 e. The minimum absolute atomic E-state index is 0.0913. The average molecular weight is 548 g/mol. The number of rotatable bonds is 9. The summed E-state index contributed by atoms with van der Waals surface area (Å²) < 4.78 is 35.3. The van der Waals surface area contributed by atoms with E-state index in [4.69, 9.17) is 18.9 Å². The van der Waals surface area contributed by atoms with Gasteiger partial charge >= 0.3 is 11.1 Å². The first-order valence-electron chi connectivity index (χ1n) is 11.8. The van der Waals surface area contributed by atoms with Crippen LogP contribution < -0.4 is 18.9 Å². The first kappa shape index (κ1) is 26.1. The lowest BCUT2D eigenvalue weighted by atomic mass is 9.93. The fourth-order valence-corrected chi connectivity index (χ4v) is 5.52.